The van der Waals surface area contributed by atoms with Crippen molar-refractivity contribution in [3.8, 4) is 0 Å². The second kappa shape index (κ2) is 8.51. The summed E-state index contributed by atoms with van der Waals surface area (Å²) in [6.07, 6.45) is 1.66. The number of hydrogen-bond acceptors (Lipinski definition) is 4. The van der Waals surface area contributed by atoms with E-state index >= 15 is 0 Å². The van der Waals surface area contributed by atoms with Crippen LogP contribution in [0.1, 0.15) is 50.7 Å². The number of allylic oxidation sites excluding steroid dienone is 2. The maximum absolute atomic E-state index is 14.3. The van der Waals surface area contributed by atoms with E-state index in [-0.39, 0.29) is 30.6 Å². The van der Waals surface area contributed by atoms with E-state index in [0.29, 0.717) is 19.3 Å². The number of imide groups is 1. The van der Waals surface area contributed by atoms with Gasteiger partial charge in [0.05, 0.1) is 16.7 Å². The van der Waals surface area contributed by atoms with Gasteiger partial charge in [-0.15, -0.1) is 0 Å². The minimum absolute atomic E-state index is 0.0579. The normalized spacial score (nSPS) is 30.9. The van der Waals surface area contributed by atoms with Crippen LogP contribution in [0.4, 0.5) is 0 Å². The average molecular weight is 550 g/mol. The Bertz CT molecular complexity index is 1310. The van der Waals surface area contributed by atoms with Crippen LogP contribution < -0.4 is 0 Å². The summed E-state index contributed by atoms with van der Waals surface area (Å²) in [6.45, 7) is 3.84. The Morgan fingerprint density at radius 1 is 0.889 bits per heavy atom. The molecule has 2 amide bonds. The van der Waals surface area contributed by atoms with Gasteiger partial charge in [-0.3, -0.25) is 24.1 Å². The predicted molar refractivity (Wildman–Crippen MR) is 139 cm³/mol. The summed E-state index contributed by atoms with van der Waals surface area (Å²) in [5.74, 6) is -2.55. The molecule has 0 radical (unpaired) electrons. The number of likely N-dealkylation sites (tertiary alicyclic amines) is 1. The number of ketones is 1. The van der Waals surface area contributed by atoms with Crippen molar-refractivity contribution in [3.63, 3.8) is 0 Å². The number of halogens is 1. The Labute approximate surface area is 218 Å². The molecule has 2 aliphatic carbocycles. The lowest BCUT2D eigenvalue weighted by Crippen LogP contribution is -2.50. The Morgan fingerprint density at radius 2 is 1.44 bits per heavy atom. The smallest absolute Gasteiger partial charge is 0.303 e. The van der Waals surface area contributed by atoms with Gasteiger partial charge in [0.25, 0.3) is 0 Å². The number of aliphatic carboxylic acids is 1. The molecule has 5 rings (SSSR count). The number of nitrogens with zero attached hydrogens (tertiary/aromatic N) is 1. The van der Waals surface area contributed by atoms with Crippen LogP contribution in [0.15, 0.2) is 60.7 Å². The van der Waals surface area contributed by atoms with Gasteiger partial charge in [0.1, 0.15) is 4.32 Å². The fourth-order valence-electron chi connectivity index (χ4n) is 6.79. The number of amides is 2. The number of carboxylic acid groups (broad SMARTS) is 1. The highest BCUT2D eigenvalue weighted by molar-refractivity contribution is 9.10. The van der Waals surface area contributed by atoms with E-state index in [0.717, 1.165) is 22.3 Å². The first-order chi connectivity index (χ1) is 17.1. The Balaban J connectivity index is 1.63. The van der Waals surface area contributed by atoms with Gasteiger partial charge < -0.3 is 5.11 Å². The Kier molecular flexibility index (Phi) is 5.82. The van der Waals surface area contributed by atoms with E-state index in [1.165, 1.54) is 4.90 Å². The van der Waals surface area contributed by atoms with E-state index < -0.39 is 27.0 Å². The molecule has 1 saturated heterocycles. The molecular formula is C29H28BrNO5. The summed E-state index contributed by atoms with van der Waals surface area (Å²) in [7, 11) is 0. The minimum atomic E-state index is -1.38. The van der Waals surface area contributed by atoms with E-state index in [2.05, 4.69) is 15.9 Å². The number of benzene rings is 2. The van der Waals surface area contributed by atoms with Crippen LogP contribution in [0.25, 0.3) is 11.1 Å². The molecule has 2 bridgehead atoms. The number of carbonyl (C=O) groups excluding carboxylic acids is 3. The van der Waals surface area contributed by atoms with Crippen molar-refractivity contribution in [2.75, 3.05) is 6.54 Å². The van der Waals surface area contributed by atoms with Gasteiger partial charge in [-0.2, -0.15) is 0 Å². The van der Waals surface area contributed by atoms with Crippen molar-refractivity contribution in [2.45, 2.75) is 43.9 Å². The highest BCUT2D eigenvalue weighted by atomic mass is 79.9. The maximum Gasteiger partial charge on any atom is 0.303 e. The van der Waals surface area contributed by atoms with Gasteiger partial charge in [0, 0.05) is 13.0 Å². The maximum atomic E-state index is 14.3. The van der Waals surface area contributed by atoms with Crippen molar-refractivity contribution >= 4 is 50.6 Å². The molecule has 1 N–H and O–H groups in total. The molecule has 4 unspecified atom stereocenters. The first-order valence-corrected chi connectivity index (χ1v) is 13.1. The van der Waals surface area contributed by atoms with Crippen molar-refractivity contribution in [2.24, 2.45) is 16.7 Å². The Morgan fingerprint density at radius 3 is 2.00 bits per heavy atom. The van der Waals surface area contributed by atoms with Crippen LogP contribution in [0.2, 0.25) is 0 Å². The number of hydrogen-bond donors (Lipinski definition) is 1. The molecule has 0 aromatic heterocycles. The molecule has 1 heterocycles. The molecule has 6 nitrogen and oxygen atoms in total. The summed E-state index contributed by atoms with van der Waals surface area (Å²) in [5, 5.41) is 8.87. The van der Waals surface area contributed by atoms with Crippen molar-refractivity contribution in [3.05, 3.63) is 71.8 Å². The fourth-order valence-corrected chi connectivity index (χ4v) is 8.04. The van der Waals surface area contributed by atoms with Gasteiger partial charge in [0.2, 0.25) is 11.8 Å². The van der Waals surface area contributed by atoms with Gasteiger partial charge in [-0.1, -0.05) is 83.0 Å². The average Bonchev–Trinajstić information content (AvgIpc) is 3.24. The van der Waals surface area contributed by atoms with Crippen LogP contribution in [0, 0.1) is 16.7 Å². The SMILES string of the molecule is CC12C(=O)C(C)(C(c3ccccc3)=C1c1ccccc1)C1(Br)C(=O)N(CCCCCC(=O)O)C(=O)C21. The largest absolute Gasteiger partial charge is 0.481 e. The zero-order chi connectivity index (χ0) is 25.9. The van der Waals surface area contributed by atoms with Crippen molar-refractivity contribution < 1.29 is 24.3 Å². The van der Waals surface area contributed by atoms with Crippen LogP contribution in [-0.2, 0) is 19.2 Å². The van der Waals surface area contributed by atoms with E-state index in [4.69, 9.17) is 5.11 Å². The molecule has 7 heteroatoms. The number of unbranched alkanes of at least 4 members (excludes halogenated alkanes) is 2. The number of alkyl halides is 1. The number of carbonyl (C=O) groups is 4. The number of rotatable bonds is 8. The van der Waals surface area contributed by atoms with Gasteiger partial charge in [-0.25, -0.2) is 0 Å². The van der Waals surface area contributed by atoms with Crippen LogP contribution in [0.3, 0.4) is 0 Å². The lowest BCUT2D eigenvalue weighted by atomic mass is 9.63. The molecule has 1 saturated carbocycles. The second-order valence-electron chi connectivity index (χ2n) is 10.3. The lowest BCUT2D eigenvalue weighted by molar-refractivity contribution is -0.144. The zero-order valence-corrected chi connectivity index (χ0v) is 21.9. The molecule has 4 atom stereocenters. The fraction of sp³-hybridized carbons (Fsp3) is 0.379. The van der Waals surface area contributed by atoms with E-state index in [1.807, 2.05) is 74.5 Å². The predicted octanol–water partition coefficient (Wildman–Crippen LogP) is 4.97. The monoisotopic (exact) mass is 549 g/mol. The zero-order valence-electron chi connectivity index (χ0n) is 20.3. The number of Topliss-reactive ketones (excluding diaryl/α,β-unsaturated/α-hetero) is 1. The molecule has 1 aliphatic heterocycles. The summed E-state index contributed by atoms with van der Waals surface area (Å²) >= 11 is 3.74. The molecule has 3 aliphatic rings. The number of carboxylic acids is 1. The molecular weight excluding hydrogens is 522 g/mol. The molecule has 36 heavy (non-hydrogen) atoms. The highest BCUT2D eigenvalue weighted by Crippen LogP contribution is 2.77. The topological polar surface area (TPSA) is 91.8 Å². The first kappa shape index (κ1) is 24.6. The summed E-state index contributed by atoms with van der Waals surface area (Å²) in [5.41, 5.74) is 0.906. The summed E-state index contributed by atoms with van der Waals surface area (Å²) < 4.78 is -1.38. The molecule has 2 aromatic carbocycles. The van der Waals surface area contributed by atoms with E-state index in [9.17, 15) is 19.2 Å². The van der Waals surface area contributed by atoms with Gasteiger partial charge in [0.15, 0.2) is 5.78 Å². The lowest BCUT2D eigenvalue weighted by Gasteiger charge is -2.41. The van der Waals surface area contributed by atoms with Gasteiger partial charge in [-0.05, 0) is 49.0 Å². The second-order valence-corrected chi connectivity index (χ2v) is 11.5. The Hall–Kier alpha value is -3.06. The third-order valence-electron chi connectivity index (χ3n) is 8.36. The number of fused-ring (bicyclic) bond motifs is 5. The highest BCUT2D eigenvalue weighted by Gasteiger charge is 2.85. The first-order valence-electron chi connectivity index (χ1n) is 12.3. The molecule has 2 fully saturated rings. The molecule has 0 spiro atoms. The molecule has 186 valence electrons. The standard InChI is InChI=1S/C29H28BrNO5/c1-27-21(18-12-6-3-7-13-18)22(19-14-8-4-9-15-19)28(2,25(27)35)29(30)23(27)24(34)31(26(29)36)17-11-5-10-16-20(32)33/h3-4,6-9,12-15,23H,5,10-11,16-17H2,1-2H3,(H,32,33). The summed E-state index contributed by atoms with van der Waals surface area (Å²) in [6, 6.07) is 19.3. The summed E-state index contributed by atoms with van der Waals surface area (Å²) in [4.78, 5) is 54.3. The van der Waals surface area contributed by atoms with Crippen molar-refractivity contribution in [1.29, 1.82) is 0 Å². The third-order valence-corrected chi connectivity index (χ3v) is 9.95. The minimum Gasteiger partial charge on any atom is -0.481 e. The van der Waals surface area contributed by atoms with Crippen LogP contribution >= 0.6 is 15.9 Å². The van der Waals surface area contributed by atoms with Crippen LogP contribution in [-0.4, -0.2) is 44.4 Å². The quantitative estimate of drug-likeness (QED) is 0.285. The van der Waals surface area contributed by atoms with E-state index in [1.54, 1.807) is 0 Å². The van der Waals surface area contributed by atoms with Crippen molar-refractivity contribution in [1.82, 2.24) is 4.90 Å². The third kappa shape index (κ3) is 3.01. The van der Waals surface area contributed by atoms with Gasteiger partial charge >= 0.3 is 5.97 Å². The van der Waals surface area contributed by atoms with Crippen LogP contribution in [0.5, 0.6) is 0 Å². The molecule has 2 aromatic rings.